The molecule has 0 N–H and O–H groups in total. The average Bonchev–Trinajstić information content (AvgIpc) is 3.09. The molecule has 7 heteroatoms. The monoisotopic (exact) mass is 476 g/mol. The predicted octanol–water partition coefficient (Wildman–Crippen LogP) is 5.31. The molecule has 2 aromatic rings. The first kappa shape index (κ1) is 25.2. The van der Waals surface area contributed by atoms with E-state index in [0.29, 0.717) is 24.8 Å². The van der Waals surface area contributed by atoms with E-state index < -0.39 is 29.7 Å². The predicted molar refractivity (Wildman–Crippen MR) is 133 cm³/mol. The van der Waals surface area contributed by atoms with Gasteiger partial charge in [0.2, 0.25) is 0 Å². The zero-order valence-electron chi connectivity index (χ0n) is 20.9. The van der Waals surface area contributed by atoms with Gasteiger partial charge >= 0.3 is 19.1 Å². The van der Waals surface area contributed by atoms with Gasteiger partial charge in [0.25, 0.3) is 0 Å². The van der Waals surface area contributed by atoms with Crippen LogP contribution < -0.4 is 0 Å². The minimum absolute atomic E-state index is 0.0541. The van der Waals surface area contributed by atoms with Gasteiger partial charge < -0.3 is 18.8 Å². The number of rotatable bonds is 7. The maximum Gasteiger partial charge on any atom is 0.490 e. The van der Waals surface area contributed by atoms with Gasteiger partial charge in [-0.15, -0.1) is 0 Å². The standard InChI is InChI=1S/C28H33BO6/c1-26(2)27(3,4)35-29(34-26)23-15-17-28(18-16-23,20-33-24(30)22-13-9-6-10-14-22)25(31)32-19-21-11-7-5-8-12-21/h5-15H,16-20H2,1-4H3. The van der Waals surface area contributed by atoms with Crippen LogP contribution in [0.1, 0.15) is 62.9 Å². The normalized spacial score (nSPS) is 22.9. The van der Waals surface area contributed by atoms with Crippen LogP contribution in [0.4, 0.5) is 0 Å². The molecule has 1 aliphatic heterocycles. The van der Waals surface area contributed by atoms with E-state index >= 15 is 0 Å². The molecule has 0 aromatic heterocycles. The number of hydrogen-bond acceptors (Lipinski definition) is 6. The van der Waals surface area contributed by atoms with Gasteiger partial charge in [0.15, 0.2) is 0 Å². The average molecular weight is 476 g/mol. The fourth-order valence-electron chi connectivity index (χ4n) is 4.24. The molecule has 0 bridgehead atoms. The van der Waals surface area contributed by atoms with Crippen molar-refractivity contribution in [3.63, 3.8) is 0 Å². The number of benzene rings is 2. The fraction of sp³-hybridized carbons (Fsp3) is 0.429. The summed E-state index contributed by atoms with van der Waals surface area (Å²) in [5.41, 5.74) is 0.516. The Morgan fingerprint density at radius 3 is 2.06 bits per heavy atom. The summed E-state index contributed by atoms with van der Waals surface area (Å²) in [5.74, 6) is -0.826. The Morgan fingerprint density at radius 2 is 1.49 bits per heavy atom. The molecule has 1 saturated heterocycles. The van der Waals surface area contributed by atoms with Crippen LogP contribution in [0, 0.1) is 5.41 Å². The minimum Gasteiger partial charge on any atom is -0.461 e. The van der Waals surface area contributed by atoms with E-state index in [0.717, 1.165) is 11.0 Å². The van der Waals surface area contributed by atoms with Crippen LogP contribution in [0.15, 0.2) is 72.2 Å². The molecule has 2 aromatic carbocycles. The second-order valence-electron chi connectivity index (χ2n) is 10.4. The number of hydrogen-bond donors (Lipinski definition) is 0. The van der Waals surface area contributed by atoms with Crippen molar-refractivity contribution >= 4 is 19.1 Å². The molecule has 1 aliphatic carbocycles. The highest BCUT2D eigenvalue weighted by atomic mass is 16.7. The van der Waals surface area contributed by atoms with Crippen molar-refractivity contribution in [2.24, 2.45) is 5.41 Å². The Balaban J connectivity index is 1.49. The molecule has 6 nitrogen and oxygen atoms in total. The first-order valence-electron chi connectivity index (χ1n) is 12.1. The van der Waals surface area contributed by atoms with Crippen molar-refractivity contribution in [2.75, 3.05) is 6.61 Å². The van der Waals surface area contributed by atoms with Gasteiger partial charge in [0, 0.05) is 0 Å². The molecular formula is C28H33BO6. The zero-order valence-corrected chi connectivity index (χ0v) is 20.9. The third kappa shape index (κ3) is 5.52. The van der Waals surface area contributed by atoms with Crippen LogP contribution in [0.25, 0.3) is 0 Å². The van der Waals surface area contributed by atoms with Crippen molar-refractivity contribution in [3.8, 4) is 0 Å². The third-order valence-corrected chi connectivity index (χ3v) is 7.34. The highest BCUT2D eigenvalue weighted by molar-refractivity contribution is 6.54. The van der Waals surface area contributed by atoms with Gasteiger partial charge in [-0.25, -0.2) is 4.79 Å². The molecule has 1 heterocycles. The van der Waals surface area contributed by atoms with Crippen LogP contribution in [0.2, 0.25) is 0 Å². The molecule has 4 rings (SSSR count). The summed E-state index contributed by atoms with van der Waals surface area (Å²) < 4.78 is 23.8. The van der Waals surface area contributed by atoms with Crippen molar-refractivity contribution in [1.29, 1.82) is 0 Å². The number of ether oxygens (including phenoxy) is 2. The van der Waals surface area contributed by atoms with E-state index in [1.54, 1.807) is 24.3 Å². The Labute approximate surface area is 207 Å². The van der Waals surface area contributed by atoms with E-state index in [4.69, 9.17) is 18.8 Å². The molecule has 1 fully saturated rings. The highest BCUT2D eigenvalue weighted by Gasteiger charge is 2.53. The molecule has 0 saturated carbocycles. The van der Waals surface area contributed by atoms with Crippen LogP contribution in [0.5, 0.6) is 0 Å². The number of allylic oxidation sites excluding steroid dienone is 2. The van der Waals surface area contributed by atoms with Crippen molar-refractivity contribution in [3.05, 3.63) is 83.3 Å². The zero-order chi connectivity index (χ0) is 25.1. The van der Waals surface area contributed by atoms with Crippen LogP contribution in [0.3, 0.4) is 0 Å². The quantitative estimate of drug-likeness (QED) is 0.398. The van der Waals surface area contributed by atoms with Gasteiger partial charge in [0.05, 0.1) is 16.8 Å². The second-order valence-corrected chi connectivity index (χ2v) is 10.4. The lowest BCUT2D eigenvalue weighted by Crippen LogP contribution is -2.41. The fourth-order valence-corrected chi connectivity index (χ4v) is 4.24. The maximum absolute atomic E-state index is 13.4. The smallest absolute Gasteiger partial charge is 0.461 e. The van der Waals surface area contributed by atoms with Gasteiger partial charge in [-0.1, -0.05) is 54.6 Å². The van der Waals surface area contributed by atoms with Gasteiger partial charge in [-0.05, 0) is 70.1 Å². The Kier molecular flexibility index (Phi) is 7.20. The molecule has 1 unspecified atom stereocenters. The summed E-state index contributed by atoms with van der Waals surface area (Å²) in [4.78, 5) is 26.0. The SMILES string of the molecule is CC1(C)OB(C2=CCC(COC(=O)c3ccccc3)(C(=O)OCc3ccccc3)CC2)OC1(C)C. The van der Waals surface area contributed by atoms with Crippen molar-refractivity contribution in [2.45, 2.75) is 64.8 Å². The number of carbonyl (C=O) groups is 2. The Bertz CT molecular complexity index is 1060. The topological polar surface area (TPSA) is 71.1 Å². The van der Waals surface area contributed by atoms with Crippen molar-refractivity contribution < 1.29 is 28.4 Å². The minimum atomic E-state index is -0.966. The van der Waals surface area contributed by atoms with E-state index in [2.05, 4.69) is 0 Å². The van der Waals surface area contributed by atoms with E-state index in [1.807, 2.05) is 70.2 Å². The lowest BCUT2D eigenvalue weighted by atomic mass is 9.66. The maximum atomic E-state index is 13.4. The molecular weight excluding hydrogens is 443 g/mol. The number of carbonyl (C=O) groups excluding carboxylic acids is 2. The molecule has 0 spiro atoms. The summed E-state index contributed by atoms with van der Waals surface area (Å²) in [5, 5.41) is 0. The lowest BCUT2D eigenvalue weighted by Gasteiger charge is -2.34. The van der Waals surface area contributed by atoms with Crippen LogP contribution in [-0.2, 0) is 30.2 Å². The van der Waals surface area contributed by atoms with Gasteiger partial charge in [-0.2, -0.15) is 0 Å². The van der Waals surface area contributed by atoms with E-state index in [1.165, 1.54) is 0 Å². The van der Waals surface area contributed by atoms with Gasteiger partial charge in [-0.3, -0.25) is 4.79 Å². The second kappa shape index (κ2) is 10.00. The largest absolute Gasteiger partial charge is 0.490 e. The van der Waals surface area contributed by atoms with Crippen molar-refractivity contribution in [1.82, 2.24) is 0 Å². The third-order valence-electron chi connectivity index (χ3n) is 7.34. The Morgan fingerprint density at radius 1 is 0.886 bits per heavy atom. The first-order valence-corrected chi connectivity index (χ1v) is 12.1. The lowest BCUT2D eigenvalue weighted by molar-refractivity contribution is -0.160. The van der Waals surface area contributed by atoms with E-state index in [-0.39, 0.29) is 19.2 Å². The summed E-state index contributed by atoms with van der Waals surface area (Å²) in [6, 6.07) is 18.3. The van der Waals surface area contributed by atoms with Crippen LogP contribution in [-0.4, -0.2) is 36.9 Å². The van der Waals surface area contributed by atoms with Crippen LogP contribution >= 0.6 is 0 Å². The first-order chi connectivity index (χ1) is 16.6. The summed E-state index contributed by atoms with van der Waals surface area (Å²) in [6.45, 7) is 8.19. The highest BCUT2D eigenvalue weighted by Crippen LogP contribution is 2.43. The molecule has 35 heavy (non-hydrogen) atoms. The number of esters is 2. The van der Waals surface area contributed by atoms with Gasteiger partial charge in [0.1, 0.15) is 18.6 Å². The molecule has 184 valence electrons. The summed E-state index contributed by atoms with van der Waals surface area (Å²) in [7, 11) is -0.454. The summed E-state index contributed by atoms with van der Waals surface area (Å²) >= 11 is 0. The van der Waals surface area contributed by atoms with E-state index in [9.17, 15) is 9.59 Å². The molecule has 1 atom stereocenters. The summed E-state index contributed by atoms with van der Waals surface area (Å²) in [6.07, 6.45) is 3.42. The molecule has 2 aliphatic rings. The molecule has 0 amide bonds. The molecule has 0 radical (unpaired) electrons. The Hall–Kier alpha value is -2.90.